The lowest BCUT2D eigenvalue weighted by Crippen LogP contribution is -2.28. The van der Waals surface area contributed by atoms with E-state index in [2.05, 4.69) is 0 Å². The molecule has 1 heterocycles. The van der Waals surface area contributed by atoms with E-state index in [1.807, 2.05) is 36.4 Å². The number of carboxylic acids is 1. The Labute approximate surface area is 110 Å². The Morgan fingerprint density at radius 1 is 1.16 bits per heavy atom. The van der Waals surface area contributed by atoms with Crippen molar-refractivity contribution in [1.29, 1.82) is 0 Å². The Bertz CT molecular complexity index is 673. The highest BCUT2D eigenvalue weighted by atomic mass is 16.4. The number of anilines is 1. The number of amides is 1. The molecule has 1 aliphatic rings. The van der Waals surface area contributed by atoms with Crippen molar-refractivity contribution >= 4 is 28.3 Å². The highest BCUT2D eigenvalue weighted by molar-refractivity contribution is 6.24. The van der Waals surface area contributed by atoms with Gasteiger partial charge in [0.1, 0.15) is 0 Å². The highest BCUT2D eigenvalue weighted by Crippen LogP contribution is 2.37. The largest absolute Gasteiger partial charge is 0.481 e. The molecule has 0 radical (unpaired) electrons. The molecule has 4 heteroatoms. The van der Waals surface area contributed by atoms with Gasteiger partial charge in [0.2, 0.25) is 0 Å². The van der Waals surface area contributed by atoms with Crippen LogP contribution in [0.3, 0.4) is 0 Å². The Kier molecular flexibility index (Phi) is 2.71. The fourth-order valence-corrected chi connectivity index (χ4v) is 2.59. The van der Waals surface area contributed by atoms with E-state index in [0.717, 1.165) is 16.5 Å². The second kappa shape index (κ2) is 4.39. The minimum absolute atomic E-state index is 0.0304. The number of rotatable bonds is 4. The van der Waals surface area contributed by atoms with Crippen LogP contribution in [0.1, 0.15) is 23.2 Å². The molecule has 0 aliphatic carbocycles. The van der Waals surface area contributed by atoms with Gasteiger partial charge < -0.3 is 10.0 Å². The maximum absolute atomic E-state index is 12.3. The van der Waals surface area contributed by atoms with E-state index < -0.39 is 5.97 Å². The number of carbonyl (C=O) groups excluding carboxylic acids is 1. The monoisotopic (exact) mass is 255 g/mol. The van der Waals surface area contributed by atoms with Gasteiger partial charge in [-0.25, -0.2) is 0 Å². The van der Waals surface area contributed by atoms with Crippen LogP contribution in [0.5, 0.6) is 0 Å². The molecule has 1 N–H and O–H groups in total. The fraction of sp³-hybridized carbons (Fsp3) is 0.200. The van der Waals surface area contributed by atoms with Gasteiger partial charge in [0.25, 0.3) is 5.91 Å². The SMILES string of the molecule is O=C(O)CCCN1C(=O)c2cccc3cccc1c23. The Hall–Kier alpha value is -2.36. The molecule has 1 amide bonds. The molecule has 3 rings (SSSR count). The quantitative estimate of drug-likeness (QED) is 0.913. The van der Waals surface area contributed by atoms with Crippen molar-refractivity contribution in [3.8, 4) is 0 Å². The van der Waals surface area contributed by atoms with Gasteiger partial charge in [-0.3, -0.25) is 9.59 Å². The summed E-state index contributed by atoms with van der Waals surface area (Å²) in [6.07, 6.45) is 0.543. The van der Waals surface area contributed by atoms with Crippen LogP contribution in [-0.2, 0) is 4.79 Å². The summed E-state index contributed by atoms with van der Waals surface area (Å²) in [5, 5.41) is 10.7. The first kappa shape index (κ1) is 11.7. The van der Waals surface area contributed by atoms with Crippen molar-refractivity contribution in [2.45, 2.75) is 12.8 Å². The molecule has 0 saturated carbocycles. The molecule has 0 aromatic heterocycles. The second-order valence-electron chi connectivity index (χ2n) is 4.63. The zero-order valence-corrected chi connectivity index (χ0v) is 10.3. The first-order chi connectivity index (χ1) is 9.18. The summed E-state index contributed by atoms with van der Waals surface area (Å²) in [5.41, 5.74) is 1.60. The number of hydrogen-bond acceptors (Lipinski definition) is 2. The summed E-state index contributed by atoms with van der Waals surface area (Å²) < 4.78 is 0. The van der Waals surface area contributed by atoms with Crippen molar-refractivity contribution < 1.29 is 14.7 Å². The third kappa shape index (κ3) is 1.85. The molecule has 4 nitrogen and oxygen atoms in total. The summed E-state index contributed by atoms with van der Waals surface area (Å²) in [6, 6.07) is 11.5. The smallest absolute Gasteiger partial charge is 0.303 e. The van der Waals surface area contributed by atoms with Crippen molar-refractivity contribution in [1.82, 2.24) is 0 Å². The molecular formula is C15H13NO3. The van der Waals surface area contributed by atoms with Crippen LogP contribution in [0.2, 0.25) is 0 Å². The maximum atomic E-state index is 12.3. The fourth-order valence-electron chi connectivity index (χ4n) is 2.59. The highest BCUT2D eigenvalue weighted by Gasteiger charge is 2.28. The summed E-state index contributed by atoms with van der Waals surface area (Å²) >= 11 is 0. The molecule has 0 atom stereocenters. The van der Waals surface area contributed by atoms with Gasteiger partial charge in [-0.05, 0) is 23.9 Å². The average molecular weight is 255 g/mol. The molecular weight excluding hydrogens is 242 g/mol. The van der Waals surface area contributed by atoms with Gasteiger partial charge in [0, 0.05) is 23.9 Å². The van der Waals surface area contributed by atoms with E-state index in [4.69, 9.17) is 5.11 Å². The molecule has 0 fully saturated rings. The van der Waals surface area contributed by atoms with Gasteiger partial charge in [-0.15, -0.1) is 0 Å². The predicted molar refractivity (Wildman–Crippen MR) is 72.5 cm³/mol. The molecule has 0 bridgehead atoms. The lowest BCUT2D eigenvalue weighted by molar-refractivity contribution is -0.137. The molecule has 0 saturated heterocycles. The normalized spacial score (nSPS) is 13.3. The van der Waals surface area contributed by atoms with E-state index in [1.165, 1.54) is 0 Å². The third-order valence-electron chi connectivity index (χ3n) is 3.42. The topological polar surface area (TPSA) is 57.6 Å². The van der Waals surface area contributed by atoms with Crippen LogP contribution < -0.4 is 4.90 Å². The first-order valence-electron chi connectivity index (χ1n) is 6.24. The van der Waals surface area contributed by atoms with Crippen molar-refractivity contribution in [2.75, 3.05) is 11.4 Å². The van der Waals surface area contributed by atoms with Crippen LogP contribution >= 0.6 is 0 Å². The van der Waals surface area contributed by atoms with Crippen LogP contribution in [0.15, 0.2) is 36.4 Å². The van der Waals surface area contributed by atoms with E-state index in [-0.39, 0.29) is 12.3 Å². The van der Waals surface area contributed by atoms with Gasteiger partial charge in [-0.2, -0.15) is 0 Å². The lowest BCUT2D eigenvalue weighted by atomic mass is 10.1. The van der Waals surface area contributed by atoms with Crippen LogP contribution in [0.4, 0.5) is 5.69 Å². The van der Waals surface area contributed by atoms with E-state index in [9.17, 15) is 9.59 Å². The van der Waals surface area contributed by atoms with Gasteiger partial charge in [0.15, 0.2) is 0 Å². The second-order valence-corrected chi connectivity index (χ2v) is 4.63. The third-order valence-corrected chi connectivity index (χ3v) is 3.42. The van der Waals surface area contributed by atoms with Crippen LogP contribution in [0, 0.1) is 0 Å². The van der Waals surface area contributed by atoms with Crippen LogP contribution in [0.25, 0.3) is 10.8 Å². The van der Waals surface area contributed by atoms with Gasteiger partial charge in [0.05, 0.1) is 5.69 Å². The van der Waals surface area contributed by atoms with Gasteiger partial charge in [-0.1, -0.05) is 24.3 Å². The standard InChI is InChI=1S/C15H13NO3/c17-13(18)8-3-9-16-12-7-2-5-10-4-1-6-11(14(10)12)15(16)19/h1-2,4-7H,3,8-9H2,(H,17,18). The number of benzene rings is 2. The maximum Gasteiger partial charge on any atom is 0.303 e. The first-order valence-corrected chi connectivity index (χ1v) is 6.24. The van der Waals surface area contributed by atoms with E-state index in [1.54, 1.807) is 4.90 Å². The Balaban J connectivity index is 1.96. The minimum atomic E-state index is -0.831. The van der Waals surface area contributed by atoms with Crippen molar-refractivity contribution in [3.05, 3.63) is 42.0 Å². The van der Waals surface area contributed by atoms with Gasteiger partial charge >= 0.3 is 5.97 Å². The molecule has 1 aliphatic heterocycles. The predicted octanol–water partition coefficient (Wildman–Crippen LogP) is 2.66. The Morgan fingerprint density at radius 3 is 2.63 bits per heavy atom. The molecule has 96 valence electrons. The number of carboxylic acid groups (broad SMARTS) is 1. The number of hydrogen-bond donors (Lipinski definition) is 1. The molecule has 0 unspecified atom stereocenters. The van der Waals surface area contributed by atoms with Crippen LogP contribution in [-0.4, -0.2) is 23.5 Å². The van der Waals surface area contributed by atoms with Crippen molar-refractivity contribution in [2.24, 2.45) is 0 Å². The summed E-state index contributed by atoms with van der Waals surface area (Å²) in [5.74, 6) is -0.862. The molecule has 19 heavy (non-hydrogen) atoms. The number of aliphatic carboxylic acids is 1. The molecule has 2 aromatic carbocycles. The Morgan fingerprint density at radius 2 is 1.89 bits per heavy atom. The number of nitrogens with zero attached hydrogens (tertiary/aromatic N) is 1. The lowest BCUT2D eigenvalue weighted by Gasteiger charge is -2.16. The zero-order chi connectivity index (χ0) is 13.4. The average Bonchev–Trinajstić information content (AvgIpc) is 2.67. The summed E-state index contributed by atoms with van der Waals surface area (Å²) in [7, 11) is 0. The molecule has 2 aromatic rings. The summed E-state index contributed by atoms with van der Waals surface area (Å²) in [6.45, 7) is 0.443. The summed E-state index contributed by atoms with van der Waals surface area (Å²) in [4.78, 5) is 24.6. The minimum Gasteiger partial charge on any atom is -0.481 e. The van der Waals surface area contributed by atoms with E-state index in [0.29, 0.717) is 18.5 Å². The molecule has 0 spiro atoms. The number of carbonyl (C=O) groups is 2. The van der Waals surface area contributed by atoms with E-state index >= 15 is 0 Å². The zero-order valence-electron chi connectivity index (χ0n) is 10.3. The van der Waals surface area contributed by atoms with Crippen molar-refractivity contribution in [3.63, 3.8) is 0 Å².